The van der Waals surface area contributed by atoms with E-state index in [0.29, 0.717) is 17.6 Å². The quantitative estimate of drug-likeness (QED) is 0.725. The SMILES string of the molecule is CCOc1ccc([C@@H]2C[C@@H](c3cccc(Cl)c3)n3nc(N)nc3N2)cc1. The Morgan fingerprint density at radius 1 is 1.23 bits per heavy atom. The van der Waals surface area contributed by atoms with Crippen LogP contribution in [-0.4, -0.2) is 21.4 Å². The smallest absolute Gasteiger partial charge is 0.241 e. The van der Waals surface area contributed by atoms with Crippen LogP contribution in [0.25, 0.3) is 0 Å². The first-order chi connectivity index (χ1) is 12.6. The summed E-state index contributed by atoms with van der Waals surface area (Å²) in [4.78, 5) is 4.33. The van der Waals surface area contributed by atoms with Gasteiger partial charge in [0.1, 0.15) is 5.75 Å². The van der Waals surface area contributed by atoms with E-state index in [1.54, 1.807) is 0 Å². The summed E-state index contributed by atoms with van der Waals surface area (Å²) in [5, 5.41) is 8.50. The van der Waals surface area contributed by atoms with Gasteiger partial charge in [0.05, 0.1) is 18.7 Å². The molecule has 7 heteroatoms. The van der Waals surface area contributed by atoms with Gasteiger partial charge < -0.3 is 15.8 Å². The Morgan fingerprint density at radius 2 is 2.04 bits per heavy atom. The predicted octanol–water partition coefficient (Wildman–Crippen LogP) is 4.06. The van der Waals surface area contributed by atoms with Crippen molar-refractivity contribution < 1.29 is 4.74 Å². The highest BCUT2D eigenvalue weighted by atomic mass is 35.5. The third-order valence-corrected chi connectivity index (χ3v) is 4.77. The number of hydrogen-bond donors (Lipinski definition) is 2. The zero-order valence-electron chi connectivity index (χ0n) is 14.4. The van der Waals surface area contributed by atoms with E-state index in [4.69, 9.17) is 22.1 Å². The fourth-order valence-corrected chi connectivity index (χ4v) is 3.57. The highest BCUT2D eigenvalue weighted by Crippen LogP contribution is 2.38. The van der Waals surface area contributed by atoms with Gasteiger partial charge in [-0.15, -0.1) is 5.10 Å². The van der Waals surface area contributed by atoms with Gasteiger partial charge in [-0.3, -0.25) is 0 Å². The summed E-state index contributed by atoms with van der Waals surface area (Å²) in [7, 11) is 0. The number of hydrogen-bond acceptors (Lipinski definition) is 5. The fourth-order valence-electron chi connectivity index (χ4n) is 3.37. The Balaban J connectivity index is 1.69. The summed E-state index contributed by atoms with van der Waals surface area (Å²) in [5.74, 6) is 1.79. The lowest BCUT2D eigenvalue weighted by atomic mass is 9.93. The maximum atomic E-state index is 6.20. The number of rotatable bonds is 4. The van der Waals surface area contributed by atoms with E-state index in [9.17, 15) is 0 Å². The molecule has 0 amide bonds. The van der Waals surface area contributed by atoms with Gasteiger partial charge in [0.25, 0.3) is 0 Å². The van der Waals surface area contributed by atoms with E-state index < -0.39 is 0 Å². The second-order valence-electron chi connectivity index (χ2n) is 6.24. The Bertz CT molecular complexity index is 909. The van der Waals surface area contributed by atoms with Gasteiger partial charge in [0.2, 0.25) is 11.9 Å². The van der Waals surface area contributed by atoms with Gasteiger partial charge in [-0.25, -0.2) is 4.68 Å². The van der Waals surface area contributed by atoms with Crippen molar-refractivity contribution in [2.24, 2.45) is 0 Å². The highest BCUT2D eigenvalue weighted by molar-refractivity contribution is 6.30. The van der Waals surface area contributed by atoms with Gasteiger partial charge in [-0.2, -0.15) is 4.98 Å². The number of nitrogens with zero attached hydrogens (tertiary/aromatic N) is 3. The molecule has 2 heterocycles. The first-order valence-corrected chi connectivity index (χ1v) is 8.98. The lowest BCUT2D eigenvalue weighted by Gasteiger charge is -2.31. The predicted molar refractivity (Wildman–Crippen MR) is 103 cm³/mol. The summed E-state index contributed by atoms with van der Waals surface area (Å²) >= 11 is 6.20. The summed E-state index contributed by atoms with van der Waals surface area (Å²) in [6.45, 7) is 2.63. The van der Waals surface area contributed by atoms with Crippen LogP contribution in [-0.2, 0) is 0 Å². The van der Waals surface area contributed by atoms with E-state index in [0.717, 1.165) is 23.3 Å². The lowest BCUT2D eigenvalue weighted by molar-refractivity contribution is 0.340. The minimum Gasteiger partial charge on any atom is -0.494 e. The molecule has 2 aromatic carbocycles. The summed E-state index contributed by atoms with van der Waals surface area (Å²) in [6, 6.07) is 16.1. The minimum atomic E-state index is 0.00585. The third-order valence-electron chi connectivity index (χ3n) is 4.53. The molecule has 134 valence electrons. The van der Waals surface area contributed by atoms with E-state index in [1.807, 2.05) is 41.9 Å². The van der Waals surface area contributed by atoms with Crippen LogP contribution >= 0.6 is 11.6 Å². The molecule has 26 heavy (non-hydrogen) atoms. The molecule has 0 spiro atoms. The molecular formula is C19H20ClN5O. The second kappa shape index (κ2) is 6.88. The van der Waals surface area contributed by atoms with Gasteiger partial charge in [-0.1, -0.05) is 35.9 Å². The topological polar surface area (TPSA) is 78.0 Å². The second-order valence-corrected chi connectivity index (χ2v) is 6.68. The normalized spacial score (nSPS) is 18.8. The molecule has 0 unspecified atom stereocenters. The maximum Gasteiger partial charge on any atom is 0.241 e. The number of nitrogen functional groups attached to an aromatic ring is 1. The summed E-state index contributed by atoms with van der Waals surface area (Å²) in [6.07, 6.45) is 0.810. The van der Waals surface area contributed by atoms with Crippen molar-refractivity contribution in [1.29, 1.82) is 0 Å². The first-order valence-electron chi connectivity index (χ1n) is 8.61. The number of anilines is 2. The van der Waals surface area contributed by atoms with Crippen molar-refractivity contribution in [3.63, 3.8) is 0 Å². The molecule has 3 N–H and O–H groups in total. The van der Waals surface area contributed by atoms with Crippen LogP contribution in [0.4, 0.5) is 11.9 Å². The molecule has 0 bridgehead atoms. The summed E-state index contributed by atoms with van der Waals surface area (Å²) in [5.41, 5.74) is 8.09. The van der Waals surface area contributed by atoms with Gasteiger partial charge in [0, 0.05) is 5.02 Å². The molecule has 0 aliphatic carbocycles. The summed E-state index contributed by atoms with van der Waals surface area (Å²) < 4.78 is 7.37. The third kappa shape index (κ3) is 3.20. The number of nitrogens with two attached hydrogens (primary N) is 1. The van der Waals surface area contributed by atoms with Gasteiger partial charge in [-0.05, 0) is 48.7 Å². The minimum absolute atomic E-state index is 0.00585. The molecule has 2 atom stereocenters. The van der Waals surface area contributed by atoms with Crippen LogP contribution in [0, 0.1) is 0 Å². The van der Waals surface area contributed by atoms with Gasteiger partial charge >= 0.3 is 0 Å². The Kier molecular flexibility index (Phi) is 4.42. The van der Waals surface area contributed by atoms with E-state index in [1.165, 1.54) is 0 Å². The number of aromatic nitrogens is 3. The molecule has 4 rings (SSSR count). The first kappa shape index (κ1) is 16.7. The molecule has 0 fully saturated rings. The highest BCUT2D eigenvalue weighted by Gasteiger charge is 2.30. The van der Waals surface area contributed by atoms with E-state index in [-0.39, 0.29) is 18.0 Å². The maximum absolute atomic E-state index is 6.20. The van der Waals surface area contributed by atoms with Crippen molar-refractivity contribution >= 4 is 23.5 Å². The van der Waals surface area contributed by atoms with Crippen LogP contribution in [0.1, 0.15) is 36.6 Å². The van der Waals surface area contributed by atoms with Crippen LogP contribution in [0.5, 0.6) is 5.75 Å². The molecule has 1 aromatic heterocycles. The van der Waals surface area contributed by atoms with Crippen molar-refractivity contribution in [3.05, 3.63) is 64.7 Å². The molecule has 3 aromatic rings. The zero-order chi connectivity index (χ0) is 18.1. The van der Waals surface area contributed by atoms with Crippen LogP contribution < -0.4 is 15.8 Å². The van der Waals surface area contributed by atoms with Crippen molar-refractivity contribution in [2.75, 3.05) is 17.7 Å². The molecule has 0 saturated carbocycles. The van der Waals surface area contributed by atoms with Gasteiger partial charge in [0.15, 0.2) is 0 Å². The zero-order valence-corrected chi connectivity index (χ0v) is 15.1. The monoisotopic (exact) mass is 369 g/mol. The van der Waals surface area contributed by atoms with Crippen LogP contribution in [0.3, 0.4) is 0 Å². The molecule has 1 aliphatic rings. The average molecular weight is 370 g/mol. The fraction of sp³-hybridized carbons (Fsp3) is 0.263. The standard InChI is InChI=1S/C19H20ClN5O/c1-2-26-15-8-6-12(7-9-15)16-11-17(13-4-3-5-14(20)10-13)25-19(22-16)23-18(21)24-25/h3-10,16-17H,2,11H2,1H3,(H3,21,22,23,24)/t16-,17-/m0/s1. The van der Waals surface area contributed by atoms with Crippen molar-refractivity contribution in [2.45, 2.75) is 25.4 Å². The number of fused-ring (bicyclic) bond motifs is 1. The number of halogens is 1. The molecular weight excluding hydrogens is 350 g/mol. The van der Waals surface area contributed by atoms with Crippen molar-refractivity contribution in [1.82, 2.24) is 14.8 Å². The molecule has 1 aliphatic heterocycles. The average Bonchev–Trinajstić information content (AvgIpc) is 3.02. The Morgan fingerprint density at radius 3 is 2.77 bits per heavy atom. The Labute approximate surface area is 156 Å². The number of benzene rings is 2. The lowest BCUT2D eigenvalue weighted by Crippen LogP contribution is -2.28. The largest absolute Gasteiger partial charge is 0.494 e. The van der Waals surface area contributed by atoms with Crippen molar-refractivity contribution in [3.8, 4) is 5.75 Å². The number of ether oxygens (including phenoxy) is 1. The molecule has 0 radical (unpaired) electrons. The number of nitrogens with one attached hydrogen (secondary N) is 1. The molecule has 6 nitrogen and oxygen atoms in total. The molecule has 0 saturated heterocycles. The van der Waals surface area contributed by atoms with E-state index >= 15 is 0 Å². The Hall–Kier alpha value is -2.73. The van der Waals surface area contributed by atoms with Crippen LogP contribution in [0.15, 0.2) is 48.5 Å². The van der Waals surface area contributed by atoms with E-state index in [2.05, 4.69) is 33.6 Å². The van der Waals surface area contributed by atoms with Crippen LogP contribution in [0.2, 0.25) is 5.02 Å².